The van der Waals surface area contributed by atoms with E-state index < -0.39 is 0 Å². The molecule has 0 aromatic heterocycles. The number of hydrogen-bond donors (Lipinski definition) is 0. The van der Waals surface area contributed by atoms with Gasteiger partial charge >= 0.3 is 0 Å². The van der Waals surface area contributed by atoms with E-state index in [2.05, 4.69) is 31.7 Å². The van der Waals surface area contributed by atoms with Crippen LogP contribution in [0.1, 0.15) is 33.6 Å². The summed E-state index contributed by atoms with van der Waals surface area (Å²) in [7, 11) is 0. The summed E-state index contributed by atoms with van der Waals surface area (Å²) in [5.74, 6) is 0. The van der Waals surface area contributed by atoms with Gasteiger partial charge in [-0.1, -0.05) is 20.8 Å². The predicted octanol–water partition coefficient (Wildman–Crippen LogP) is 2.02. The number of likely N-dealkylation sites (tertiary alicyclic amines) is 1. The summed E-state index contributed by atoms with van der Waals surface area (Å²) in [5, 5.41) is 8.86. The van der Waals surface area contributed by atoms with E-state index in [0.29, 0.717) is 5.41 Å². The van der Waals surface area contributed by atoms with Crippen molar-refractivity contribution in [1.29, 1.82) is 5.26 Å². The molecular formula is C10H18N2. The summed E-state index contributed by atoms with van der Waals surface area (Å²) in [4.78, 5) is 2.31. The first kappa shape index (κ1) is 9.54. The molecule has 1 aliphatic heterocycles. The van der Waals surface area contributed by atoms with Gasteiger partial charge in [-0.05, 0) is 24.8 Å². The number of nitrogens with zero attached hydrogens (tertiary/aromatic N) is 2. The Balaban J connectivity index is 2.52. The molecule has 0 aromatic rings. The van der Waals surface area contributed by atoms with Crippen molar-refractivity contribution >= 4 is 0 Å². The summed E-state index contributed by atoms with van der Waals surface area (Å²) in [6, 6.07) is 2.50. The van der Waals surface area contributed by atoms with Gasteiger partial charge in [0.1, 0.15) is 0 Å². The van der Waals surface area contributed by atoms with Crippen molar-refractivity contribution in [2.45, 2.75) is 39.7 Å². The van der Waals surface area contributed by atoms with E-state index >= 15 is 0 Å². The van der Waals surface area contributed by atoms with Gasteiger partial charge in [-0.15, -0.1) is 0 Å². The maximum absolute atomic E-state index is 8.86. The lowest BCUT2D eigenvalue weighted by atomic mass is 9.93. The first-order chi connectivity index (χ1) is 5.59. The Labute approximate surface area is 75.2 Å². The zero-order valence-corrected chi connectivity index (χ0v) is 8.30. The summed E-state index contributed by atoms with van der Waals surface area (Å²) < 4.78 is 0. The lowest BCUT2D eigenvalue weighted by molar-refractivity contribution is 0.250. The molecule has 68 valence electrons. The second-order valence-corrected chi connectivity index (χ2v) is 4.44. The SMILES string of the molecule is CCC(C#N)N1CCC(C)(C)C1. The molecule has 1 heterocycles. The highest BCUT2D eigenvalue weighted by molar-refractivity contribution is 4.96. The minimum atomic E-state index is 0.145. The summed E-state index contributed by atoms with van der Waals surface area (Å²) >= 11 is 0. The predicted molar refractivity (Wildman–Crippen MR) is 49.7 cm³/mol. The molecule has 0 aromatic carbocycles. The lowest BCUT2D eigenvalue weighted by Crippen LogP contribution is -2.32. The normalized spacial score (nSPS) is 25.2. The molecule has 2 heteroatoms. The van der Waals surface area contributed by atoms with Crippen molar-refractivity contribution in [2.24, 2.45) is 5.41 Å². The van der Waals surface area contributed by atoms with Crippen molar-refractivity contribution in [1.82, 2.24) is 4.90 Å². The fourth-order valence-corrected chi connectivity index (χ4v) is 1.85. The molecule has 1 aliphatic rings. The first-order valence-corrected chi connectivity index (χ1v) is 4.73. The Morgan fingerprint density at radius 1 is 1.58 bits per heavy atom. The van der Waals surface area contributed by atoms with Crippen molar-refractivity contribution in [3.05, 3.63) is 0 Å². The van der Waals surface area contributed by atoms with E-state index in [1.54, 1.807) is 0 Å². The van der Waals surface area contributed by atoms with Crippen molar-refractivity contribution in [2.75, 3.05) is 13.1 Å². The third-order valence-electron chi connectivity index (χ3n) is 2.68. The molecule has 0 N–H and O–H groups in total. The Morgan fingerprint density at radius 2 is 2.25 bits per heavy atom. The zero-order valence-electron chi connectivity index (χ0n) is 8.30. The maximum Gasteiger partial charge on any atom is 0.0975 e. The molecule has 1 unspecified atom stereocenters. The summed E-state index contributed by atoms with van der Waals surface area (Å²) in [5.41, 5.74) is 0.421. The van der Waals surface area contributed by atoms with Crippen LogP contribution < -0.4 is 0 Å². The molecule has 0 radical (unpaired) electrons. The summed E-state index contributed by atoms with van der Waals surface area (Å²) in [6.07, 6.45) is 2.18. The largest absolute Gasteiger partial charge is 0.288 e. The minimum Gasteiger partial charge on any atom is -0.288 e. The fourth-order valence-electron chi connectivity index (χ4n) is 1.85. The van der Waals surface area contributed by atoms with E-state index in [1.807, 2.05) is 0 Å². The molecule has 0 saturated carbocycles. The highest BCUT2D eigenvalue weighted by Crippen LogP contribution is 2.30. The van der Waals surface area contributed by atoms with Crippen LogP contribution in [0.3, 0.4) is 0 Å². The van der Waals surface area contributed by atoms with Gasteiger partial charge in [0.25, 0.3) is 0 Å². The van der Waals surface area contributed by atoms with Gasteiger partial charge in [0, 0.05) is 6.54 Å². The first-order valence-electron chi connectivity index (χ1n) is 4.73. The molecule has 0 aliphatic carbocycles. The molecule has 1 saturated heterocycles. The minimum absolute atomic E-state index is 0.145. The highest BCUT2D eigenvalue weighted by atomic mass is 15.2. The van der Waals surface area contributed by atoms with Crippen LogP contribution in [-0.4, -0.2) is 24.0 Å². The van der Waals surface area contributed by atoms with Crippen LogP contribution in [0, 0.1) is 16.7 Å². The number of rotatable bonds is 2. The van der Waals surface area contributed by atoms with E-state index in [-0.39, 0.29) is 6.04 Å². The van der Waals surface area contributed by atoms with Gasteiger partial charge in [-0.25, -0.2) is 0 Å². The Hall–Kier alpha value is -0.550. The van der Waals surface area contributed by atoms with Crippen LogP contribution in [0.25, 0.3) is 0 Å². The molecular weight excluding hydrogens is 148 g/mol. The third kappa shape index (κ3) is 1.98. The Morgan fingerprint density at radius 3 is 2.58 bits per heavy atom. The van der Waals surface area contributed by atoms with E-state index in [9.17, 15) is 0 Å². The van der Waals surface area contributed by atoms with Gasteiger partial charge < -0.3 is 0 Å². The Bertz CT molecular complexity index is 191. The van der Waals surface area contributed by atoms with Crippen LogP contribution >= 0.6 is 0 Å². The average Bonchev–Trinajstić information content (AvgIpc) is 2.34. The zero-order chi connectivity index (χ0) is 9.19. The van der Waals surface area contributed by atoms with Crippen LogP contribution in [0.2, 0.25) is 0 Å². The van der Waals surface area contributed by atoms with Gasteiger partial charge in [-0.2, -0.15) is 5.26 Å². The van der Waals surface area contributed by atoms with Crippen molar-refractivity contribution in [3.63, 3.8) is 0 Å². The molecule has 0 bridgehead atoms. The van der Waals surface area contributed by atoms with Crippen LogP contribution in [0.15, 0.2) is 0 Å². The van der Waals surface area contributed by atoms with Crippen LogP contribution in [-0.2, 0) is 0 Å². The molecule has 0 spiro atoms. The van der Waals surface area contributed by atoms with Crippen molar-refractivity contribution in [3.8, 4) is 6.07 Å². The average molecular weight is 166 g/mol. The van der Waals surface area contributed by atoms with E-state index in [0.717, 1.165) is 19.5 Å². The van der Waals surface area contributed by atoms with E-state index in [1.165, 1.54) is 6.42 Å². The maximum atomic E-state index is 8.86. The molecule has 1 fully saturated rings. The van der Waals surface area contributed by atoms with Crippen LogP contribution in [0.5, 0.6) is 0 Å². The number of hydrogen-bond acceptors (Lipinski definition) is 2. The Kier molecular flexibility index (Phi) is 2.74. The molecule has 2 nitrogen and oxygen atoms in total. The standard InChI is InChI=1S/C10H18N2/c1-4-9(7-11)12-6-5-10(2,3)8-12/h9H,4-6,8H2,1-3H3. The third-order valence-corrected chi connectivity index (χ3v) is 2.68. The molecule has 0 amide bonds. The van der Waals surface area contributed by atoms with Crippen molar-refractivity contribution < 1.29 is 0 Å². The molecule has 1 rings (SSSR count). The second kappa shape index (κ2) is 3.45. The van der Waals surface area contributed by atoms with Gasteiger partial charge in [0.05, 0.1) is 12.1 Å². The van der Waals surface area contributed by atoms with Gasteiger partial charge in [0.15, 0.2) is 0 Å². The molecule has 1 atom stereocenters. The quantitative estimate of drug-likeness (QED) is 0.627. The smallest absolute Gasteiger partial charge is 0.0975 e. The fraction of sp³-hybridized carbons (Fsp3) is 0.900. The second-order valence-electron chi connectivity index (χ2n) is 4.44. The molecule has 12 heavy (non-hydrogen) atoms. The highest BCUT2D eigenvalue weighted by Gasteiger charge is 2.32. The van der Waals surface area contributed by atoms with Gasteiger partial charge in [-0.3, -0.25) is 4.90 Å². The summed E-state index contributed by atoms with van der Waals surface area (Å²) in [6.45, 7) is 8.81. The van der Waals surface area contributed by atoms with Gasteiger partial charge in [0.2, 0.25) is 0 Å². The lowest BCUT2D eigenvalue weighted by Gasteiger charge is -2.22. The monoisotopic (exact) mass is 166 g/mol. The van der Waals surface area contributed by atoms with E-state index in [4.69, 9.17) is 5.26 Å². The topological polar surface area (TPSA) is 27.0 Å². The number of nitriles is 1. The van der Waals surface area contributed by atoms with Crippen LogP contribution in [0.4, 0.5) is 0 Å².